The number of ether oxygens (including phenoxy) is 6. The summed E-state index contributed by atoms with van der Waals surface area (Å²) in [4.78, 5) is 44.1. The van der Waals surface area contributed by atoms with Crippen molar-refractivity contribution in [2.24, 2.45) is 5.73 Å². The largest absolute Gasteiger partial charge is 0.489 e. The molecule has 13 aromatic carbocycles. The lowest BCUT2D eigenvalue weighted by molar-refractivity contribution is -0.385. The number of carbonyl (C=O) groups excluding carboxylic acids is 2. The highest BCUT2D eigenvalue weighted by atomic mass is 79.9. The molecule has 15 rings (SSSR count). The topological polar surface area (TPSA) is 261 Å². The molecule has 0 radical (unpaired) electrons. The molecule has 0 spiro atoms. The van der Waals surface area contributed by atoms with Crippen molar-refractivity contribution in [1.29, 1.82) is 0 Å². The lowest BCUT2D eigenvalue weighted by Gasteiger charge is -2.10. The molecule has 2 aromatic heterocycles. The quantitative estimate of drug-likeness (QED) is 0.0100. The molecule has 2 heterocycles. The number of thiazole rings is 2. The molecule has 0 unspecified atom stereocenters. The number of nitro groups is 1. The van der Waals surface area contributed by atoms with E-state index in [4.69, 9.17) is 70.1 Å². The van der Waals surface area contributed by atoms with E-state index < -0.39 is 4.92 Å². The first-order valence-electron chi connectivity index (χ1n) is 38.0. The number of hydrogen-bond acceptors (Lipinski definition) is 18. The minimum Gasteiger partial charge on any atom is -0.489 e. The predicted molar refractivity (Wildman–Crippen MR) is 526 cm³/mol. The Bertz CT molecular complexity index is 5930. The maximum Gasteiger partial charge on any atom is 0.321 e. The van der Waals surface area contributed by atoms with Crippen LogP contribution in [0.25, 0.3) is 20.4 Å². The second kappa shape index (κ2) is 50.1. The molecule has 15 aromatic rings. The van der Waals surface area contributed by atoms with Gasteiger partial charge in [0.15, 0.2) is 16.0 Å². The molecule has 0 fully saturated rings. The van der Waals surface area contributed by atoms with E-state index in [1.165, 1.54) is 34.8 Å². The number of nitrogen functional groups attached to an aromatic ring is 2. The number of Topliss-reactive ketones (excluding diaryl/α,β-unsaturated/α-hetero) is 1. The summed E-state index contributed by atoms with van der Waals surface area (Å²) >= 11 is 33.9. The monoisotopic (exact) mass is 2100 g/mol. The standard InChI is InChI=1S/C23H19BrO2S.C17H16BrN3O2S.C15H14BrNOS.C14H11BrN2OS.C13H10BrNO3.C13H12BrNO/c24-20-11-18(12-21(14-20)26-16-17-7-3-1-4-8-17)13-22(27)15-23(25)19-9-5-2-6-10-19;1-2-19-16(22)21-17-20-14-9-12(8-13(18)15(14)24-17)23-10-11-6-4-3-5-7-11;16-13-6-12(8-15(17)19)7-14(9-13)18-10-11-4-2-1-3-5-11;15-11-6-10(7-12-13(11)19-14(16)17-12)18-8-9-4-2-1-3-5-9;14-11-6-12(15(16)17)8-13(7-11)18-9-10-4-2-1-3-5-10;14-11-6-12(15)8-13(7-11)16-9-10-4-2-1-3-5-10/h1-12,14H,13,15-16H2;3-9H,2,10H2,1H3,(H2,19,20,21,22);1-7,9H,8,10H2,(H2,17,19);1-7H,8H2,(H2,16,17);1-8H,9H2;1-8H,9,15H2. The number of urea groups is 1. The van der Waals surface area contributed by atoms with Gasteiger partial charge in [0.1, 0.15) is 74.1 Å². The van der Waals surface area contributed by atoms with Crippen LogP contribution < -0.4 is 56.3 Å². The molecule has 18 nitrogen and oxygen atoms in total. The van der Waals surface area contributed by atoms with Gasteiger partial charge in [0, 0.05) is 93.0 Å². The number of amides is 2. The molecule has 0 atom stereocenters. The number of ketones is 1. The molecule has 2 amide bonds. The summed E-state index contributed by atoms with van der Waals surface area (Å²) in [5.74, 6) is 4.40. The number of non-ortho nitro benzene ring substituents is 1. The second-order valence-corrected chi connectivity index (χ2v) is 35.2. The van der Waals surface area contributed by atoms with Crippen LogP contribution in [0.1, 0.15) is 68.2 Å². The number of halogens is 6. The number of anilines is 3. The fourth-order valence-corrected chi connectivity index (χ4v) is 16.7. The zero-order valence-electron chi connectivity index (χ0n) is 66.1. The molecule has 28 heteroatoms. The van der Waals surface area contributed by atoms with Crippen molar-refractivity contribution < 1.29 is 42.9 Å². The Morgan fingerprint density at radius 1 is 0.415 bits per heavy atom. The van der Waals surface area contributed by atoms with Crippen LogP contribution in [0.3, 0.4) is 0 Å². The van der Waals surface area contributed by atoms with Crippen molar-refractivity contribution in [2.75, 3.05) is 23.3 Å². The van der Waals surface area contributed by atoms with Gasteiger partial charge in [-0.3, -0.25) is 20.2 Å². The van der Waals surface area contributed by atoms with Crippen LogP contribution in [-0.2, 0) is 52.5 Å². The molecular formula is C95H82Br6N8O10S4. The van der Waals surface area contributed by atoms with E-state index in [9.17, 15) is 19.7 Å². The maximum absolute atomic E-state index is 12.3. The van der Waals surface area contributed by atoms with Gasteiger partial charge in [-0.15, -0.1) is 0 Å². The van der Waals surface area contributed by atoms with E-state index in [1.807, 2.05) is 298 Å². The van der Waals surface area contributed by atoms with Crippen LogP contribution in [0.5, 0.6) is 34.5 Å². The van der Waals surface area contributed by atoms with Gasteiger partial charge in [-0.25, -0.2) is 14.8 Å². The zero-order chi connectivity index (χ0) is 87.2. The first-order valence-corrected chi connectivity index (χ1v) is 45.2. The smallest absolute Gasteiger partial charge is 0.321 e. The third-order valence-electron chi connectivity index (χ3n) is 17.0. The Balaban J connectivity index is 0.000000156. The van der Waals surface area contributed by atoms with Gasteiger partial charge >= 0.3 is 6.03 Å². The number of nitrogens with two attached hydrogens (primary N) is 3. The molecule has 0 bridgehead atoms. The van der Waals surface area contributed by atoms with Gasteiger partial charge in [0.2, 0.25) is 0 Å². The minimum atomic E-state index is -0.444. The Hall–Kier alpha value is -10.8. The van der Waals surface area contributed by atoms with Crippen LogP contribution in [0.2, 0.25) is 0 Å². The number of fused-ring (bicyclic) bond motifs is 2. The molecular weight excluding hydrogens is 2020 g/mol. The van der Waals surface area contributed by atoms with E-state index in [-0.39, 0.29) is 23.9 Å². The van der Waals surface area contributed by atoms with Gasteiger partial charge in [0.25, 0.3) is 5.69 Å². The molecule has 628 valence electrons. The fraction of sp³-hybridized carbons (Fsp3) is 0.116. The Morgan fingerprint density at radius 2 is 0.756 bits per heavy atom. The molecule has 0 saturated heterocycles. The molecule has 0 aliphatic heterocycles. The van der Waals surface area contributed by atoms with Gasteiger partial charge in [0.05, 0.1) is 36.4 Å². The summed E-state index contributed by atoms with van der Waals surface area (Å²) in [5, 5.41) is 17.2. The molecule has 0 saturated carbocycles. The van der Waals surface area contributed by atoms with E-state index in [1.54, 1.807) is 6.07 Å². The Labute approximate surface area is 782 Å². The number of benzene rings is 13. The van der Waals surface area contributed by atoms with Gasteiger partial charge in [-0.2, -0.15) is 0 Å². The van der Waals surface area contributed by atoms with Gasteiger partial charge in [-0.1, -0.05) is 323 Å². The van der Waals surface area contributed by atoms with Crippen molar-refractivity contribution >= 4 is 206 Å². The number of thiocarbonyl (C=S) groups is 2. The van der Waals surface area contributed by atoms with Crippen LogP contribution >= 0.6 is 143 Å². The number of nitrogens with one attached hydrogen (secondary N) is 2. The summed E-state index contributed by atoms with van der Waals surface area (Å²) in [6, 6.07) is 98.4. The summed E-state index contributed by atoms with van der Waals surface area (Å²) in [7, 11) is 0. The van der Waals surface area contributed by atoms with E-state index in [0.29, 0.717) is 95.8 Å². The van der Waals surface area contributed by atoms with E-state index >= 15 is 0 Å². The number of carbonyl (C=O) groups is 2. The van der Waals surface area contributed by atoms with Crippen molar-refractivity contribution in [1.82, 2.24) is 15.3 Å². The van der Waals surface area contributed by atoms with Crippen LogP contribution in [0.4, 0.5) is 26.4 Å². The molecule has 8 N–H and O–H groups in total. The third-order valence-corrected chi connectivity index (χ3v) is 23.0. The first-order chi connectivity index (χ1) is 59.5. The van der Waals surface area contributed by atoms with Crippen LogP contribution in [0.15, 0.2) is 336 Å². The van der Waals surface area contributed by atoms with Gasteiger partial charge < -0.3 is 50.9 Å². The second-order valence-electron chi connectivity index (χ2n) is 26.7. The summed E-state index contributed by atoms with van der Waals surface area (Å²) in [5.41, 5.74) is 28.8. The number of rotatable bonds is 28. The first kappa shape index (κ1) is 94.5. The van der Waals surface area contributed by atoms with Crippen LogP contribution in [-0.4, -0.2) is 43.1 Å². The van der Waals surface area contributed by atoms with Crippen LogP contribution in [0, 0.1) is 10.1 Å². The van der Waals surface area contributed by atoms with E-state index in [0.717, 1.165) is 121 Å². The van der Waals surface area contributed by atoms with E-state index in [2.05, 4.69) is 116 Å². The summed E-state index contributed by atoms with van der Waals surface area (Å²) < 4.78 is 41.8. The Kier molecular flexibility index (Phi) is 38.5. The minimum absolute atomic E-state index is 0.00689. The summed E-state index contributed by atoms with van der Waals surface area (Å²) in [6.45, 7) is 5.46. The highest BCUT2D eigenvalue weighted by Gasteiger charge is 2.16. The normalized spacial score (nSPS) is 10.4. The maximum atomic E-state index is 12.3. The molecule has 0 aliphatic carbocycles. The highest BCUT2D eigenvalue weighted by Crippen LogP contribution is 2.38. The van der Waals surface area contributed by atoms with Gasteiger partial charge in [-0.05, 0) is 150 Å². The average Bonchev–Trinajstić information content (AvgIpc) is 1.66. The Morgan fingerprint density at radius 3 is 1.14 bits per heavy atom. The molecule has 0 aliphatic rings. The van der Waals surface area contributed by atoms with Crippen molar-refractivity contribution in [2.45, 2.75) is 65.8 Å². The third kappa shape index (κ3) is 33.8. The lowest BCUT2D eigenvalue weighted by Crippen LogP contribution is -2.28. The predicted octanol–water partition coefficient (Wildman–Crippen LogP) is 26.6. The summed E-state index contributed by atoms with van der Waals surface area (Å²) in [6.07, 6.45) is 1.41. The number of aromatic nitrogens is 2. The van der Waals surface area contributed by atoms with Crippen molar-refractivity contribution in [3.05, 3.63) is 396 Å². The number of hydrogen-bond donors (Lipinski definition) is 5. The van der Waals surface area contributed by atoms with Crippen molar-refractivity contribution in [3.8, 4) is 34.5 Å². The van der Waals surface area contributed by atoms with Crippen molar-refractivity contribution in [3.63, 3.8) is 0 Å². The SMILES string of the molecule is CCNC(=O)Nc1nc2cc(OCc3ccccc3)cc(Br)c2s1.NC(=S)Cc1cc(Br)cc(OCc2ccccc2)c1.Nc1cc(Br)cc(OCc2ccccc2)c1.Nc1nc2cc(OCc3ccccc3)cc(Br)c2s1.O=C(CC(=S)Cc1cc(Br)cc(OCc2ccccc2)c1)c1ccccc1.O=[N+]([O-])c1cc(Br)cc(OCc2ccccc2)c1. The zero-order valence-corrected chi connectivity index (χ0v) is 78.9. The average molecular weight is 2100 g/mol. The highest BCUT2D eigenvalue weighted by molar-refractivity contribution is 9.11. The molecule has 123 heavy (non-hydrogen) atoms. The number of nitro benzene ring substituents is 1. The number of nitrogens with zero attached hydrogens (tertiary/aromatic N) is 3. The lowest BCUT2D eigenvalue weighted by atomic mass is 10.0. The fourth-order valence-electron chi connectivity index (χ4n) is 11.3.